The Balaban J connectivity index is 1.66. The lowest BCUT2D eigenvalue weighted by atomic mass is 10.1. The molecule has 0 unspecified atom stereocenters. The molecule has 34 heavy (non-hydrogen) atoms. The van der Waals surface area contributed by atoms with Crippen LogP contribution in [0.2, 0.25) is 0 Å². The van der Waals surface area contributed by atoms with E-state index < -0.39 is 6.04 Å². The molecule has 1 heterocycles. The highest BCUT2D eigenvalue weighted by Crippen LogP contribution is 2.23. The summed E-state index contributed by atoms with van der Waals surface area (Å²) < 4.78 is 0. The molecule has 0 aliphatic carbocycles. The van der Waals surface area contributed by atoms with E-state index in [1.165, 1.54) is 4.90 Å². The zero-order valence-corrected chi connectivity index (χ0v) is 20.1. The minimum atomic E-state index is -0.571. The molecule has 1 aliphatic rings. The maximum Gasteiger partial charge on any atom is 0.261 e. The smallest absolute Gasteiger partial charge is 0.261 e. The van der Waals surface area contributed by atoms with Crippen LogP contribution in [0.1, 0.15) is 66.3 Å². The molecular formula is C27H33N3O4. The Morgan fingerprint density at radius 2 is 1.53 bits per heavy atom. The van der Waals surface area contributed by atoms with Crippen molar-refractivity contribution in [3.05, 3.63) is 71.3 Å². The molecule has 0 saturated carbocycles. The second kappa shape index (κ2) is 11.6. The second-order valence-corrected chi connectivity index (χ2v) is 8.82. The molecule has 2 aromatic rings. The summed E-state index contributed by atoms with van der Waals surface area (Å²) >= 11 is 0. The predicted octanol–water partition coefficient (Wildman–Crippen LogP) is 3.44. The quantitative estimate of drug-likeness (QED) is 0.517. The highest BCUT2D eigenvalue weighted by Gasteiger charge is 2.35. The number of amides is 4. The number of hydrogen-bond donors (Lipinski definition) is 1. The van der Waals surface area contributed by atoms with E-state index in [0.29, 0.717) is 36.9 Å². The van der Waals surface area contributed by atoms with Crippen molar-refractivity contribution in [2.45, 2.75) is 58.5 Å². The van der Waals surface area contributed by atoms with Gasteiger partial charge in [-0.2, -0.15) is 0 Å². The van der Waals surface area contributed by atoms with Crippen molar-refractivity contribution < 1.29 is 19.2 Å². The Hall–Kier alpha value is -3.48. The molecule has 0 saturated heterocycles. The summed E-state index contributed by atoms with van der Waals surface area (Å²) in [6.07, 6.45) is 1.62. The first kappa shape index (κ1) is 25.1. The van der Waals surface area contributed by atoms with Crippen LogP contribution >= 0.6 is 0 Å². The number of carbonyl (C=O) groups excluding carboxylic acids is 4. The highest BCUT2D eigenvalue weighted by atomic mass is 16.2. The van der Waals surface area contributed by atoms with Gasteiger partial charge in [-0.05, 0) is 50.8 Å². The van der Waals surface area contributed by atoms with Gasteiger partial charge in [0.1, 0.15) is 6.04 Å². The number of benzene rings is 2. The normalized spacial score (nSPS) is 13.7. The van der Waals surface area contributed by atoms with Crippen molar-refractivity contribution in [3.63, 3.8) is 0 Å². The number of fused-ring (bicyclic) bond motifs is 1. The third-order valence-corrected chi connectivity index (χ3v) is 5.95. The molecule has 0 fully saturated rings. The van der Waals surface area contributed by atoms with Crippen LogP contribution < -0.4 is 5.32 Å². The molecule has 0 spiro atoms. The molecule has 3 rings (SSSR count). The standard InChI is InChI=1S/C27H33N3O4/c1-4-23(25(32)28-19(2)3)29(18-16-20-11-6-5-7-12-20)24(31)15-10-17-30-26(33)21-13-8-9-14-22(21)27(30)34/h5-9,11-14,19,23H,4,10,15-18H2,1-3H3,(H,28,32)/t23-/m1/s1. The number of rotatable bonds is 11. The monoisotopic (exact) mass is 463 g/mol. The fraction of sp³-hybridized carbons (Fsp3) is 0.407. The van der Waals surface area contributed by atoms with Gasteiger partial charge in [0.2, 0.25) is 11.8 Å². The second-order valence-electron chi connectivity index (χ2n) is 8.82. The number of imide groups is 1. The Kier molecular flexibility index (Phi) is 8.57. The summed E-state index contributed by atoms with van der Waals surface area (Å²) in [4.78, 5) is 54.1. The molecule has 4 amide bonds. The van der Waals surface area contributed by atoms with Crippen molar-refractivity contribution in [3.8, 4) is 0 Å². The molecular weight excluding hydrogens is 430 g/mol. The zero-order chi connectivity index (χ0) is 24.7. The lowest BCUT2D eigenvalue weighted by molar-refractivity contribution is -0.141. The van der Waals surface area contributed by atoms with Gasteiger partial charge in [0.15, 0.2) is 0 Å². The molecule has 1 aliphatic heterocycles. The fourth-order valence-electron chi connectivity index (χ4n) is 4.25. The minimum absolute atomic E-state index is 0.0264. The summed E-state index contributed by atoms with van der Waals surface area (Å²) in [6.45, 7) is 6.26. The molecule has 0 bridgehead atoms. The van der Waals surface area contributed by atoms with Crippen molar-refractivity contribution in [2.24, 2.45) is 0 Å². The molecule has 180 valence electrons. The molecule has 0 aromatic heterocycles. The average molecular weight is 464 g/mol. The predicted molar refractivity (Wildman–Crippen MR) is 130 cm³/mol. The van der Waals surface area contributed by atoms with Gasteiger partial charge in [-0.1, -0.05) is 49.4 Å². The Morgan fingerprint density at radius 3 is 2.09 bits per heavy atom. The zero-order valence-electron chi connectivity index (χ0n) is 20.1. The lowest BCUT2D eigenvalue weighted by Crippen LogP contribution is -2.51. The first-order chi connectivity index (χ1) is 16.3. The third-order valence-electron chi connectivity index (χ3n) is 5.95. The van der Waals surface area contributed by atoms with Crippen molar-refractivity contribution in [1.29, 1.82) is 0 Å². The average Bonchev–Trinajstić information content (AvgIpc) is 3.06. The topological polar surface area (TPSA) is 86.8 Å². The van der Waals surface area contributed by atoms with E-state index in [0.717, 1.165) is 5.56 Å². The first-order valence-corrected chi connectivity index (χ1v) is 11.9. The Morgan fingerprint density at radius 1 is 0.941 bits per heavy atom. The van der Waals surface area contributed by atoms with Crippen LogP contribution in [0, 0.1) is 0 Å². The van der Waals surface area contributed by atoms with E-state index >= 15 is 0 Å². The summed E-state index contributed by atoms with van der Waals surface area (Å²) in [5.74, 6) is -0.967. The van der Waals surface area contributed by atoms with Crippen LogP contribution in [0.15, 0.2) is 54.6 Å². The van der Waals surface area contributed by atoms with E-state index in [1.54, 1.807) is 29.2 Å². The van der Waals surface area contributed by atoms with E-state index in [1.807, 2.05) is 51.1 Å². The molecule has 7 heteroatoms. The maximum atomic E-state index is 13.3. The summed E-state index contributed by atoms with van der Waals surface area (Å²) in [5.41, 5.74) is 1.89. The largest absolute Gasteiger partial charge is 0.352 e. The number of nitrogens with one attached hydrogen (secondary N) is 1. The molecule has 0 radical (unpaired) electrons. The number of nitrogens with zero attached hydrogens (tertiary/aromatic N) is 2. The van der Waals surface area contributed by atoms with E-state index in [9.17, 15) is 19.2 Å². The first-order valence-electron chi connectivity index (χ1n) is 11.9. The van der Waals surface area contributed by atoms with Gasteiger partial charge in [0, 0.05) is 25.6 Å². The van der Waals surface area contributed by atoms with Gasteiger partial charge >= 0.3 is 0 Å². The van der Waals surface area contributed by atoms with Gasteiger partial charge in [-0.25, -0.2) is 0 Å². The summed E-state index contributed by atoms with van der Waals surface area (Å²) in [7, 11) is 0. The molecule has 2 aromatic carbocycles. The van der Waals surface area contributed by atoms with E-state index in [2.05, 4.69) is 5.32 Å². The maximum absolute atomic E-state index is 13.3. The summed E-state index contributed by atoms with van der Waals surface area (Å²) in [5, 5.41) is 2.92. The highest BCUT2D eigenvalue weighted by molar-refractivity contribution is 6.21. The van der Waals surface area contributed by atoms with Gasteiger partial charge in [0.25, 0.3) is 11.8 Å². The van der Waals surface area contributed by atoms with E-state index in [4.69, 9.17) is 0 Å². The van der Waals surface area contributed by atoms with Crippen molar-refractivity contribution in [2.75, 3.05) is 13.1 Å². The van der Waals surface area contributed by atoms with Gasteiger partial charge in [0.05, 0.1) is 11.1 Å². The van der Waals surface area contributed by atoms with Crippen molar-refractivity contribution in [1.82, 2.24) is 15.1 Å². The van der Waals surface area contributed by atoms with Crippen LogP contribution in [0.5, 0.6) is 0 Å². The van der Waals surface area contributed by atoms with Crippen LogP contribution in [0.4, 0.5) is 0 Å². The Bertz CT molecular complexity index is 1000. The van der Waals surface area contributed by atoms with Gasteiger partial charge in [-0.15, -0.1) is 0 Å². The minimum Gasteiger partial charge on any atom is -0.352 e. The summed E-state index contributed by atoms with van der Waals surface area (Å²) in [6, 6.07) is 16.0. The molecule has 7 nitrogen and oxygen atoms in total. The van der Waals surface area contributed by atoms with E-state index in [-0.39, 0.29) is 42.6 Å². The van der Waals surface area contributed by atoms with Gasteiger partial charge in [-0.3, -0.25) is 24.1 Å². The fourth-order valence-corrected chi connectivity index (χ4v) is 4.25. The molecule has 1 atom stereocenters. The van der Waals surface area contributed by atoms with Crippen LogP contribution in [-0.2, 0) is 16.0 Å². The van der Waals surface area contributed by atoms with Crippen LogP contribution in [-0.4, -0.2) is 58.6 Å². The third kappa shape index (κ3) is 5.90. The van der Waals surface area contributed by atoms with Crippen molar-refractivity contribution >= 4 is 23.6 Å². The number of hydrogen-bond acceptors (Lipinski definition) is 4. The lowest BCUT2D eigenvalue weighted by Gasteiger charge is -2.31. The van der Waals surface area contributed by atoms with Crippen LogP contribution in [0.25, 0.3) is 0 Å². The Labute approximate surface area is 201 Å². The van der Waals surface area contributed by atoms with Gasteiger partial charge < -0.3 is 10.2 Å². The number of carbonyl (C=O) groups is 4. The van der Waals surface area contributed by atoms with Crippen LogP contribution in [0.3, 0.4) is 0 Å². The SMILES string of the molecule is CC[C@H](C(=O)NC(C)C)N(CCc1ccccc1)C(=O)CCCN1C(=O)c2ccccc2C1=O. The molecule has 1 N–H and O–H groups in total.